The maximum absolute atomic E-state index is 13.7. The third kappa shape index (κ3) is 9.76. The number of anilines is 3. The lowest BCUT2D eigenvalue weighted by Gasteiger charge is -2.36. The smallest absolute Gasteiger partial charge is 0.338 e. The number of esters is 1. The van der Waals surface area contributed by atoms with E-state index in [-0.39, 0.29) is 29.1 Å². The van der Waals surface area contributed by atoms with Crippen molar-refractivity contribution in [3.8, 4) is 5.69 Å². The second-order valence-electron chi connectivity index (χ2n) is 13.4. The zero-order chi connectivity index (χ0) is 37.6. The quantitative estimate of drug-likeness (QED) is 0.161. The monoisotopic (exact) mass is 729 g/mol. The highest BCUT2D eigenvalue weighted by Gasteiger charge is 2.28. The Labute approximate surface area is 305 Å². The zero-order valence-corrected chi connectivity index (χ0v) is 30.2. The van der Waals surface area contributed by atoms with Crippen molar-refractivity contribution in [1.82, 2.24) is 30.4 Å². The van der Waals surface area contributed by atoms with Crippen molar-refractivity contribution in [2.45, 2.75) is 58.7 Å². The van der Waals surface area contributed by atoms with Crippen LogP contribution in [-0.2, 0) is 30.3 Å². The number of carbonyl (C=O) groups excluding carboxylic acids is 5. The van der Waals surface area contributed by atoms with Crippen LogP contribution in [0.2, 0.25) is 5.02 Å². The highest BCUT2D eigenvalue weighted by Crippen LogP contribution is 2.24. The molecule has 1 aromatic heterocycles. The van der Waals surface area contributed by atoms with Gasteiger partial charge in [0.2, 0.25) is 11.8 Å². The average Bonchev–Trinajstić information content (AvgIpc) is 3.63. The Balaban J connectivity index is 1.33. The first-order valence-corrected chi connectivity index (χ1v) is 17.0. The summed E-state index contributed by atoms with van der Waals surface area (Å²) in [5.74, 6) is -3.30. The molecule has 1 aliphatic heterocycles. The lowest BCUT2D eigenvalue weighted by atomic mass is 10.0. The van der Waals surface area contributed by atoms with Gasteiger partial charge in [-0.3, -0.25) is 24.1 Å². The van der Waals surface area contributed by atoms with Crippen LogP contribution in [0.4, 0.5) is 17.1 Å². The summed E-state index contributed by atoms with van der Waals surface area (Å²) in [5.41, 5.74) is 1.84. The average molecular weight is 730 g/mol. The van der Waals surface area contributed by atoms with E-state index in [0.717, 1.165) is 6.54 Å². The van der Waals surface area contributed by atoms with Crippen LogP contribution in [0.1, 0.15) is 50.5 Å². The van der Waals surface area contributed by atoms with Gasteiger partial charge < -0.3 is 25.6 Å². The molecule has 4 amide bonds. The summed E-state index contributed by atoms with van der Waals surface area (Å²) in [6.07, 6.45) is 1.31. The molecule has 0 spiro atoms. The Morgan fingerprint density at radius 1 is 0.923 bits per heavy atom. The van der Waals surface area contributed by atoms with E-state index >= 15 is 0 Å². The van der Waals surface area contributed by atoms with Crippen molar-refractivity contribution >= 4 is 58.3 Å². The van der Waals surface area contributed by atoms with Gasteiger partial charge in [0.05, 0.1) is 23.5 Å². The molecule has 3 N–H and O–H groups in total. The molecule has 5 rings (SSSR count). The van der Waals surface area contributed by atoms with Crippen molar-refractivity contribution in [3.05, 3.63) is 89.2 Å². The molecule has 1 saturated heterocycles. The van der Waals surface area contributed by atoms with Gasteiger partial charge in [0, 0.05) is 41.9 Å². The molecule has 1 fully saturated rings. The normalized spacial score (nSPS) is 14.1. The number of amides is 4. The Hall–Kier alpha value is -5.67. The SMILES string of the molecule is CC(C)N1CCN(c2ccc(C[C@H](NC(=O)C(=O)Nc3cc(Cl)ccc3-n3cnnn3)C(=O)Nc3ccc(C(=O)OC(C)(C)C)cc3)cc2)C(=O)C1. The number of nitrogens with one attached hydrogen (secondary N) is 3. The number of aromatic nitrogens is 4. The van der Waals surface area contributed by atoms with Crippen LogP contribution >= 0.6 is 11.6 Å². The minimum Gasteiger partial charge on any atom is -0.456 e. The maximum Gasteiger partial charge on any atom is 0.338 e. The largest absolute Gasteiger partial charge is 0.456 e. The predicted octanol–water partition coefficient (Wildman–Crippen LogP) is 3.63. The highest BCUT2D eigenvalue weighted by molar-refractivity contribution is 6.40. The fourth-order valence-corrected chi connectivity index (χ4v) is 5.57. The van der Waals surface area contributed by atoms with E-state index in [1.165, 1.54) is 41.3 Å². The second-order valence-corrected chi connectivity index (χ2v) is 13.9. The van der Waals surface area contributed by atoms with Gasteiger partial charge in [-0.25, -0.2) is 4.79 Å². The van der Waals surface area contributed by atoms with Crippen molar-refractivity contribution in [1.29, 1.82) is 0 Å². The Morgan fingerprint density at radius 2 is 1.63 bits per heavy atom. The molecule has 2 heterocycles. The van der Waals surface area contributed by atoms with Crippen molar-refractivity contribution in [2.24, 2.45) is 0 Å². The molecule has 3 aromatic carbocycles. The van der Waals surface area contributed by atoms with Gasteiger partial charge in [0.15, 0.2) is 0 Å². The van der Waals surface area contributed by atoms with Gasteiger partial charge in [-0.1, -0.05) is 23.7 Å². The van der Waals surface area contributed by atoms with Crippen LogP contribution in [0.3, 0.4) is 0 Å². The summed E-state index contributed by atoms with van der Waals surface area (Å²) in [5, 5.41) is 19.1. The molecular weight excluding hydrogens is 690 g/mol. The fraction of sp³-hybridized carbons (Fsp3) is 0.333. The molecule has 272 valence electrons. The highest BCUT2D eigenvalue weighted by atomic mass is 35.5. The summed E-state index contributed by atoms with van der Waals surface area (Å²) in [4.78, 5) is 69.4. The number of carbonyl (C=O) groups is 5. The summed E-state index contributed by atoms with van der Waals surface area (Å²) in [6, 6.07) is 16.8. The van der Waals surface area contributed by atoms with E-state index in [0.29, 0.717) is 41.3 Å². The molecule has 1 atom stereocenters. The first-order chi connectivity index (χ1) is 24.7. The first kappa shape index (κ1) is 37.6. The zero-order valence-electron chi connectivity index (χ0n) is 29.4. The number of halogens is 1. The third-order valence-electron chi connectivity index (χ3n) is 8.09. The van der Waals surface area contributed by atoms with E-state index < -0.39 is 35.3 Å². The number of rotatable bonds is 10. The molecule has 4 aromatic rings. The van der Waals surface area contributed by atoms with E-state index in [2.05, 4.69) is 50.2 Å². The minimum atomic E-state index is -1.22. The third-order valence-corrected chi connectivity index (χ3v) is 8.32. The molecule has 16 heteroatoms. The van der Waals surface area contributed by atoms with Gasteiger partial charge in [-0.05, 0) is 105 Å². The Bertz CT molecular complexity index is 1930. The molecular formula is C36H40ClN9O6. The molecule has 0 bridgehead atoms. The van der Waals surface area contributed by atoms with Gasteiger partial charge in [-0.2, -0.15) is 4.68 Å². The molecule has 0 unspecified atom stereocenters. The van der Waals surface area contributed by atoms with Crippen LogP contribution in [0.5, 0.6) is 0 Å². The van der Waals surface area contributed by atoms with Crippen LogP contribution in [0.25, 0.3) is 5.69 Å². The van der Waals surface area contributed by atoms with E-state index in [9.17, 15) is 24.0 Å². The maximum atomic E-state index is 13.7. The number of tetrazole rings is 1. The number of piperazine rings is 1. The van der Waals surface area contributed by atoms with Crippen LogP contribution in [0.15, 0.2) is 73.1 Å². The van der Waals surface area contributed by atoms with Crippen molar-refractivity contribution in [2.75, 3.05) is 35.2 Å². The van der Waals surface area contributed by atoms with Crippen LogP contribution in [0, 0.1) is 0 Å². The van der Waals surface area contributed by atoms with Gasteiger partial charge in [0.1, 0.15) is 18.0 Å². The van der Waals surface area contributed by atoms with Crippen molar-refractivity contribution in [3.63, 3.8) is 0 Å². The lowest BCUT2D eigenvalue weighted by Crippen LogP contribution is -2.52. The number of nitrogens with zero attached hydrogens (tertiary/aromatic N) is 6. The minimum absolute atomic E-state index is 0.00321. The van der Waals surface area contributed by atoms with E-state index in [1.807, 2.05) is 0 Å². The van der Waals surface area contributed by atoms with Crippen molar-refractivity contribution < 1.29 is 28.7 Å². The van der Waals surface area contributed by atoms with Gasteiger partial charge >= 0.3 is 17.8 Å². The molecule has 0 saturated carbocycles. The standard InChI is InChI=1S/C36H40ClN9O6/c1-22(2)44-16-17-45(31(47)20-44)27-13-6-23(7-14-27)18-29(32(48)39-26-11-8-24(9-12-26)35(51)52-36(3,4)5)41-34(50)33(49)40-28-19-25(37)10-15-30(28)46-21-38-42-43-46/h6-15,19,21-22,29H,16-18,20H2,1-5H3,(H,39,48)(H,40,49)(H,41,50)/t29-/m0/s1. The fourth-order valence-electron chi connectivity index (χ4n) is 5.40. The summed E-state index contributed by atoms with van der Waals surface area (Å²) < 4.78 is 6.69. The van der Waals surface area contributed by atoms with E-state index in [1.54, 1.807) is 62.1 Å². The summed E-state index contributed by atoms with van der Waals surface area (Å²) in [7, 11) is 0. The van der Waals surface area contributed by atoms with Gasteiger partial charge in [-0.15, -0.1) is 5.10 Å². The summed E-state index contributed by atoms with van der Waals surface area (Å²) in [6.45, 7) is 11.0. The molecule has 0 radical (unpaired) electrons. The Kier molecular flexibility index (Phi) is 11.7. The van der Waals surface area contributed by atoms with Crippen LogP contribution < -0.4 is 20.9 Å². The first-order valence-electron chi connectivity index (χ1n) is 16.6. The van der Waals surface area contributed by atoms with Crippen LogP contribution in [-0.4, -0.2) is 92.0 Å². The number of hydrogen-bond acceptors (Lipinski definition) is 10. The molecule has 52 heavy (non-hydrogen) atoms. The number of benzene rings is 3. The predicted molar refractivity (Wildman–Crippen MR) is 194 cm³/mol. The number of hydrogen-bond donors (Lipinski definition) is 3. The topological polar surface area (TPSA) is 181 Å². The number of ether oxygens (including phenoxy) is 1. The molecule has 15 nitrogen and oxygen atoms in total. The lowest BCUT2D eigenvalue weighted by molar-refractivity contribution is -0.137. The second kappa shape index (κ2) is 16.1. The molecule has 1 aliphatic rings. The van der Waals surface area contributed by atoms with Gasteiger partial charge in [0.25, 0.3) is 0 Å². The summed E-state index contributed by atoms with van der Waals surface area (Å²) >= 11 is 6.16. The molecule has 0 aliphatic carbocycles. The van der Waals surface area contributed by atoms with E-state index in [4.69, 9.17) is 16.3 Å². The Morgan fingerprint density at radius 3 is 2.25 bits per heavy atom.